The summed E-state index contributed by atoms with van der Waals surface area (Å²) in [4.78, 5) is 22.3. The number of hydrogen-bond donors (Lipinski definition) is 2. The van der Waals surface area contributed by atoms with Gasteiger partial charge in [0.2, 0.25) is 5.79 Å². The summed E-state index contributed by atoms with van der Waals surface area (Å²) in [5.74, 6) is 2.16. The van der Waals surface area contributed by atoms with E-state index in [-0.39, 0.29) is 28.9 Å². The number of nitrogens with two attached hydrogens (primary N) is 1. The third-order valence-electron chi connectivity index (χ3n) is 10.1. The van der Waals surface area contributed by atoms with Gasteiger partial charge in [0.15, 0.2) is 0 Å². The van der Waals surface area contributed by atoms with E-state index in [4.69, 9.17) is 25.3 Å². The molecule has 1 heterocycles. The lowest BCUT2D eigenvalue weighted by Crippen LogP contribution is -2.59. The average Bonchev–Trinajstić information content (AvgIpc) is 2.89. The van der Waals surface area contributed by atoms with Crippen LogP contribution in [0.5, 0.6) is 0 Å². The van der Waals surface area contributed by atoms with Gasteiger partial charge in [-0.2, -0.15) is 9.78 Å². The van der Waals surface area contributed by atoms with Gasteiger partial charge >= 0.3 is 0 Å². The van der Waals surface area contributed by atoms with Gasteiger partial charge in [-0.25, -0.2) is 9.78 Å². The second kappa shape index (κ2) is 7.14. The smallest absolute Gasteiger partial charge is 0.234 e. The minimum absolute atomic E-state index is 0.0428. The van der Waals surface area contributed by atoms with Crippen LogP contribution in [0, 0.1) is 40.4 Å². The van der Waals surface area contributed by atoms with Gasteiger partial charge in [0.25, 0.3) is 0 Å². The summed E-state index contributed by atoms with van der Waals surface area (Å²) in [7, 11) is 0. The van der Waals surface area contributed by atoms with Crippen molar-refractivity contribution in [1.82, 2.24) is 0 Å². The van der Waals surface area contributed by atoms with Crippen LogP contribution in [0.1, 0.15) is 72.1 Å². The Hall–Kier alpha value is -0.240. The first-order valence-corrected chi connectivity index (χ1v) is 11.8. The van der Waals surface area contributed by atoms with Crippen molar-refractivity contribution < 1.29 is 24.7 Å². The van der Waals surface area contributed by atoms with Gasteiger partial charge in [0.05, 0.1) is 6.10 Å². The average molecular weight is 410 g/mol. The van der Waals surface area contributed by atoms with Crippen LogP contribution < -0.4 is 5.73 Å². The molecule has 6 nitrogen and oxygen atoms in total. The van der Waals surface area contributed by atoms with E-state index in [0.717, 1.165) is 25.2 Å². The summed E-state index contributed by atoms with van der Waals surface area (Å²) < 4.78 is 0. The van der Waals surface area contributed by atoms with Crippen molar-refractivity contribution in [2.45, 2.75) is 90.1 Å². The molecule has 0 aromatic heterocycles. The summed E-state index contributed by atoms with van der Waals surface area (Å²) in [6.07, 6.45) is 8.77. The van der Waals surface area contributed by atoms with E-state index in [1.807, 2.05) is 6.92 Å². The van der Waals surface area contributed by atoms with Gasteiger partial charge in [0, 0.05) is 12.0 Å². The van der Waals surface area contributed by atoms with Crippen LogP contribution in [0.2, 0.25) is 0 Å². The first-order chi connectivity index (χ1) is 13.8. The molecule has 5 fully saturated rings. The van der Waals surface area contributed by atoms with E-state index < -0.39 is 5.79 Å². The molecular formula is C23H39NO5. The Morgan fingerprint density at radius 1 is 0.862 bits per heavy atom. The lowest BCUT2D eigenvalue weighted by Gasteiger charge is -2.62. The molecule has 6 heteroatoms. The van der Waals surface area contributed by atoms with Crippen LogP contribution in [-0.4, -0.2) is 36.3 Å². The molecule has 5 rings (SSSR count). The van der Waals surface area contributed by atoms with Crippen LogP contribution in [0.3, 0.4) is 0 Å². The molecule has 0 aromatic carbocycles. The van der Waals surface area contributed by atoms with Crippen molar-refractivity contribution in [2.24, 2.45) is 46.2 Å². The Labute approximate surface area is 174 Å². The van der Waals surface area contributed by atoms with Crippen molar-refractivity contribution in [3.8, 4) is 0 Å². The largest absolute Gasteiger partial charge is 0.391 e. The lowest BCUT2D eigenvalue weighted by molar-refractivity contribution is -0.493. The number of fused-ring (bicyclic) bond motifs is 5. The first kappa shape index (κ1) is 20.7. The fourth-order valence-corrected chi connectivity index (χ4v) is 8.70. The number of hydrogen-bond acceptors (Lipinski definition) is 6. The standard InChI is InChI=1S/C23H39NO5/c1-21-9-8-17-15(5-4-14-12-18(24)19(25)13-22(14,17)2)16(21)6-7-20(21)23(3)28-26-10-11-27-29-23/h14-20,25H,4-13,24H2,1-3H3/t14-,15-,16-,17-,18+,19-,20-,21-,22-/m0/s1. The maximum absolute atomic E-state index is 10.6. The van der Waals surface area contributed by atoms with E-state index in [2.05, 4.69) is 13.8 Å². The zero-order valence-electron chi connectivity index (χ0n) is 18.3. The van der Waals surface area contributed by atoms with E-state index in [1.165, 1.54) is 32.1 Å². The molecule has 4 saturated carbocycles. The van der Waals surface area contributed by atoms with Gasteiger partial charge in [-0.3, -0.25) is 0 Å². The molecule has 1 saturated heterocycles. The molecule has 0 unspecified atom stereocenters. The SMILES string of the molecule is CC1([C@H]2CC[C@H]3[C@@H]4CC[C@H]5C[C@@H](N)[C@@H](O)C[C@]5(C)[C@H]4CC[C@]23C)OOCCOO1. The second-order valence-electron chi connectivity index (χ2n) is 11.3. The van der Waals surface area contributed by atoms with Crippen LogP contribution in [0.15, 0.2) is 0 Å². The second-order valence-corrected chi connectivity index (χ2v) is 11.3. The Balaban J connectivity index is 1.40. The molecule has 9 atom stereocenters. The van der Waals surface area contributed by atoms with E-state index >= 15 is 0 Å². The zero-order valence-corrected chi connectivity index (χ0v) is 18.3. The molecular weight excluding hydrogens is 370 g/mol. The molecule has 0 bridgehead atoms. The highest BCUT2D eigenvalue weighted by Crippen LogP contribution is 2.68. The molecule has 1 aliphatic heterocycles. The highest BCUT2D eigenvalue weighted by molar-refractivity contribution is 5.11. The molecule has 4 aliphatic carbocycles. The van der Waals surface area contributed by atoms with Crippen molar-refractivity contribution in [2.75, 3.05) is 13.2 Å². The molecule has 0 amide bonds. The molecule has 166 valence electrons. The maximum Gasteiger partial charge on any atom is 0.234 e. The predicted molar refractivity (Wildman–Crippen MR) is 107 cm³/mol. The van der Waals surface area contributed by atoms with E-state index in [9.17, 15) is 5.11 Å². The third kappa shape index (κ3) is 3.05. The first-order valence-electron chi connectivity index (χ1n) is 11.8. The van der Waals surface area contributed by atoms with Crippen molar-refractivity contribution in [3.63, 3.8) is 0 Å². The van der Waals surface area contributed by atoms with Crippen LogP contribution in [0.4, 0.5) is 0 Å². The molecule has 0 aromatic rings. The quantitative estimate of drug-likeness (QED) is 0.644. The van der Waals surface area contributed by atoms with Crippen molar-refractivity contribution >= 4 is 0 Å². The van der Waals surface area contributed by atoms with Gasteiger partial charge in [0.1, 0.15) is 13.2 Å². The topological polar surface area (TPSA) is 83.2 Å². The Bertz CT molecular complexity index is 622. The molecule has 29 heavy (non-hydrogen) atoms. The van der Waals surface area contributed by atoms with Crippen LogP contribution >= 0.6 is 0 Å². The zero-order chi connectivity index (χ0) is 20.4. The summed E-state index contributed by atoms with van der Waals surface area (Å²) in [5.41, 5.74) is 6.64. The van der Waals surface area contributed by atoms with Crippen LogP contribution in [0.25, 0.3) is 0 Å². The fraction of sp³-hybridized carbons (Fsp3) is 1.00. The lowest BCUT2D eigenvalue weighted by atomic mass is 9.44. The number of aliphatic hydroxyl groups excluding tert-OH is 1. The van der Waals surface area contributed by atoms with Gasteiger partial charge in [-0.15, -0.1) is 0 Å². The highest BCUT2D eigenvalue weighted by atomic mass is 17.3. The molecule has 0 radical (unpaired) electrons. The summed E-state index contributed by atoms with van der Waals surface area (Å²) >= 11 is 0. The normalized spacial score (nSPS) is 54.7. The van der Waals surface area contributed by atoms with E-state index in [1.54, 1.807) is 0 Å². The molecule has 0 spiro atoms. The molecule has 5 aliphatic rings. The minimum atomic E-state index is -0.845. The van der Waals surface area contributed by atoms with Gasteiger partial charge < -0.3 is 10.8 Å². The van der Waals surface area contributed by atoms with Crippen molar-refractivity contribution in [3.05, 3.63) is 0 Å². The third-order valence-corrected chi connectivity index (χ3v) is 10.1. The van der Waals surface area contributed by atoms with Gasteiger partial charge in [-0.05, 0) is 92.8 Å². The number of rotatable bonds is 1. The Morgan fingerprint density at radius 2 is 1.55 bits per heavy atom. The molecule has 3 N–H and O–H groups in total. The van der Waals surface area contributed by atoms with Crippen molar-refractivity contribution in [1.29, 1.82) is 0 Å². The predicted octanol–water partition coefficient (Wildman–Crippen LogP) is 3.57. The maximum atomic E-state index is 10.6. The summed E-state index contributed by atoms with van der Waals surface area (Å²) in [6, 6.07) is -0.0428. The van der Waals surface area contributed by atoms with Crippen LogP contribution in [-0.2, 0) is 19.6 Å². The monoisotopic (exact) mass is 409 g/mol. The minimum Gasteiger partial charge on any atom is -0.391 e. The van der Waals surface area contributed by atoms with Gasteiger partial charge in [-0.1, -0.05) is 13.8 Å². The highest BCUT2D eigenvalue weighted by Gasteiger charge is 2.64. The van der Waals surface area contributed by atoms with E-state index in [0.29, 0.717) is 31.0 Å². The number of aliphatic hydroxyl groups is 1. The summed E-state index contributed by atoms with van der Waals surface area (Å²) in [5, 5.41) is 10.6. The Morgan fingerprint density at radius 3 is 2.28 bits per heavy atom. The Kier molecular flexibility index (Phi) is 5.09. The fourth-order valence-electron chi connectivity index (χ4n) is 8.70. The summed E-state index contributed by atoms with van der Waals surface area (Å²) in [6.45, 7) is 7.70.